The molecule has 2 rings (SSSR count). The van der Waals surface area contributed by atoms with Crippen LogP contribution in [0.4, 0.5) is 4.79 Å². The van der Waals surface area contributed by atoms with E-state index in [0.717, 1.165) is 0 Å². The molecule has 0 aromatic carbocycles. The van der Waals surface area contributed by atoms with Crippen molar-refractivity contribution in [3.8, 4) is 0 Å². The van der Waals surface area contributed by atoms with Gasteiger partial charge in [0.25, 0.3) is 0 Å². The van der Waals surface area contributed by atoms with Gasteiger partial charge in [0, 0.05) is 38.6 Å². The second-order valence-electron chi connectivity index (χ2n) is 6.51. The molecule has 1 atom stereocenters. The van der Waals surface area contributed by atoms with E-state index in [9.17, 15) is 14.7 Å². The summed E-state index contributed by atoms with van der Waals surface area (Å²) in [5, 5.41) is 11.5. The molecule has 24 heavy (non-hydrogen) atoms. The van der Waals surface area contributed by atoms with Crippen molar-refractivity contribution < 1.29 is 49.0 Å². The Morgan fingerprint density at radius 3 is 2.17 bits per heavy atom. The summed E-state index contributed by atoms with van der Waals surface area (Å²) in [4.78, 5) is 30.9. The van der Waals surface area contributed by atoms with Gasteiger partial charge >= 0.3 is 35.7 Å². The summed E-state index contributed by atoms with van der Waals surface area (Å²) in [5.41, 5.74) is 0.0874. The van der Waals surface area contributed by atoms with E-state index < -0.39 is 17.6 Å². The van der Waals surface area contributed by atoms with E-state index in [-0.39, 0.29) is 35.7 Å². The van der Waals surface area contributed by atoms with E-state index in [1.807, 2.05) is 20.8 Å². The van der Waals surface area contributed by atoms with Crippen LogP contribution in [0.5, 0.6) is 0 Å². The van der Waals surface area contributed by atoms with E-state index in [4.69, 9.17) is 4.74 Å². The van der Waals surface area contributed by atoms with Gasteiger partial charge in [-0.05, 0) is 38.5 Å². The number of ether oxygens (including phenoxy) is 1. The van der Waals surface area contributed by atoms with Crippen LogP contribution in [0.2, 0.25) is 0 Å². The zero-order valence-electron chi connectivity index (χ0n) is 14.7. The number of hydrogen-bond acceptors (Lipinski definition) is 6. The van der Waals surface area contributed by atoms with Gasteiger partial charge in [-0.1, -0.05) is 0 Å². The summed E-state index contributed by atoms with van der Waals surface area (Å²) in [6.45, 7) is 7.18. The third-order valence-electron chi connectivity index (χ3n) is 3.58. The summed E-state index contributed by atoms with van der Waals surface area (Å²) in [5.74, 6) is -1.15. The van der Waals surface area contributed by atoms with Gasteiger partial charge in [-0.3, -0.25) is 9.88 Å². The molecule has 1 fully saturated rings. The number of amides is 1. The molecule has 7 nitrogen and oxygen atoms in total. The van der Waals surface area contributed by atoms with Crippen LogP contribution in [0.25, 0.3) is 0 Å². The Balaban J connectivity index is 0.00000288. The van der Waals surface area contributed by atoms with Gasteiger partial charge in [0.2, 0.25) is 0 Å². The first-order valence-corrected chi connectivity index (χ1v) is 7.61. The van der Waals surface area contributed by atoms with E-state index >= 15 is 0 Å². The number of aromatic nitrogens is 1. The average Bonchev–Trinajstić information content (AvgIpc) is 2.47. The van der Waals surface area contributed by atoms with Crippen molar-refractivity contribution in [3.05, 3.63) is 30.1 Å². The molecular weight excluding hydrogens is 321 g/mol. The quantitative estimate of drug-likeness (QED) is 0.561. The van der Waals surface area contributed by atoms with Crippen LogP contribution >= 0.6 is 0 Å². The molecular formula is C16H22N3NaO4. The molecule has 0 saturated carbocycles. The predicted molar refractivity (Wildman–Crippen MR) is 81.4 cm³/mol. The first-order valence-electron chi connectivity index (χ1n) is 7.61. The molecule has 1 saturated heterocycles. The van der Waals surface area contributed by atoms with Gasteiger partial charge in [-0.2, -0.15) is 0 Å². The number of nitrogens with zero attached hydrogens (tertiary/aromatic N) is 3. The molecule has 1 aliphatic heterocycles. The van der Waals surface area contributed by atoms with E-state index in [1.54, 1.807) is 34.3 Å². The topological polar surface area (TPSA) is 85.8 Å². The molecule has 8 heteroatoms. The number of hydrogen-bond donors (Lipinski definition) is 0. The number of carbonyl (C=O) groups excluding carboxylic acids is 2. The molecule has 1 aromatic heterocycles. The Morgan fingerprint density at radius 2 is 1.71 bits per heavy atom. The summed E-state index contributed by atoms with van der Waals surface area (Å²) in [6, 6.07) is 2.50. The zero-order valence-corrected chi connectivity index (χ0v) is 16.7. The van der Waals surface area contributed by atoms with Gasteiger partial charge in [0.05, 0.1) is 12.0 Å². The van der Waals surface area contributed by atoms with Gasteiger partial charge in [0.15, 0.2) is 0 Å². The van der Waals surface area contributed by atoms with Crippen molar-refractivity contribution in [2.24, 2.45) is 0 Å². The summed E-state index contributed by atoms with van der Waals surface area (Å²) >= 11 is 0. The Morgan fingerprint density at radius 1 is 1.17 bits per heavy atom. The van der Waals surface area contributed by atoms with Crippen LogP contribution in [-0.4, -0.2) is 58.6 Å². The minimum Gasteiger partial charge on any atom is -0.548 e. The normalized spacial score (nSPS) is 16.9. The summed E-state index contributed by atoms with van der Waals surface area (Å²) in [6.07, 6.45) is 2.75. The van der Waals surface area contributed by atoms with Crippen LogP contribution in [0.1, 0.15) is 32.4 Å². The Labute approximate surface area is 164 Å². The van der Waals surface area contributed by atoms with E-state index in [0.29, 0.717) is 31.7 Å². The molecule has 1 unspecified atom stereocenters. The number of carbonyl (C=O) groups is 2. The number of piperazine rings is 1. The molecule has 0 bridgehead atoms. The second kappa shape index (κ2) is 8.80. The van der Waals surface area contributed by atoms with Crippen molar-refractivity contribution in [1.82, 2.24) is 14.8 Å². The first kappa shape index (κ1) is 20.9. The average molecular weight is 343 g/mol. The first-order chi connectivity index (χ1) is 10.8. The van der Waals surface area contributed by atoms with Crippen LogP contribution in [-0.2, 0) is 9.53 Å². The van der Waals surface area contributed by atoms with Crippen molar-refractivity contribution in [2.45, 2.75) is 32.4 Å². The second-order valence-corrected chi connectivity index (χ2v) is 6.51. The minimum absolute atomic E-state index is 0. The number of rotatable bonds is 3. The Kier molecular flexibility index (Phi) is 7.66. The number of carboxylic acid groups (broad SMARTS) is 1. The smallest absolute Gasteiger partial charge is 0.548 e. The number of aliphatic carboxylic acids is 1. The van der Waals surface area contributed by atoms with Crippen LogP contribution < -0.4 is 34.7 Å². The molecule has 126 valence electrons. The van der Waals surface area contributed by atoms with Crippen molar-refractivity contribution >= 4 is 12.1 Å². The fraction of sp³-hybridized carbons (Fsp3) is 0.562. The zero-order chi connectivity index (χ0) is 17.0. The largest absolute Gasteiger partial charge is 1.00 e. The Bertz CT molecular complexity index is 554. The summed E-state index contributed by atoms with van der Waals surface area (Å²) < 4.78 is 5.34. The van der Waals surface area contributed by atoms with Crippen LogP contribution in [0.3, 0.4) is 0 Å². The number of carboxylic acids is 1. The monoisotopic (exact) mass is 343 g/mol. The standard InChI is InChI=1S/C16H23N3O4.Na/c1-16(2,3)23-15(22)19-10-8-18(9-11-19)13(14(20)21)12-4-6-17-7-5-12;/h4-7,13H,8-11H2,1-3H3,(H,20,21);/q;+1/p-1. The molecule has 1 aromatic rings. The van der Waals surface area contributed by atoms with E-state index in [1.165, 1.54) is 0 Å². The fourth-order valence-electron chi connectivity index (χ4n) is 2.53. The third-order valence-corrected chi connectivity index (χ3v) is 3.58. The Hall–Kier alpha value is -1.15. The van der Waals surface area contributed by atoms with Crippen molar-refractivity contribution in [1.29, 1.82) is 0 Å². The molecule has 0 aliphatic carbocycles. The third kappa shape index (κ3) is 5.73. The minimum atomic E-state index is -1.15. The van der Waals surface area contributed by atoms with Gasteiger partial charge < -0.3 is 19.5 Å². The molecule has 1 aliphatic rings. The van der Waals surface area contributed by atoms with Crippen LogP contribution in [0, 0.1) is 0 Å². The van der Waals surface area contributed by atoms with Crippen molar-refractivity contribution in [2.75, 3.05) is 26.2 Å². The van der Waals surface area contributed by atoms with Crippen LogP contribution in [0.15, 0.2) is 24.5 Å². The molecule has 1 amide bonds. The molecule has 0 radical (unpaired) electrons. The maximum absolute atomic E-state index is 12.0. The fourth-order valence-corrected chi connectivity index (χ4v) is 2.53. The van der Waals surface area contributed by atoms with Gasteiger partial charge in [-0.25, -0.2) is 4.79 Å². The maximum atomic E-state index is 12.0. The predicted octanol–water partition coefficient (Wildman–Crippen LogP) is -2.57. The van der Waals surface area contributed by atoms with Gasteiger partial charge in [-0.15, -0.1) is 0 Å². The SMILES string of the molecule is CC(C)(C)OC(=O)N1CCN(C(C(=O)[O-])c2ccncc2)CC1.[Na+]. The molecule has 0 spiro atoms. The van der Waals surface area contributed by atoms with Gasteiger partial charge in [0.1, 0.15) is 5.60 Å². The summed E-state index contributed by atoms with van der Waals surface area (Å²) in [7, 11) is 0. The van der Waals surface area contributed by atoms with Crippen molar-refractivity contribution in [3.63, 3.8) is 0 Å². The van der Waals surface area contributed by atoms with E-state index in [2.05, 4.69) is 4.98 Å². The molecule has 2 heterocycles. The number of pyridine rings is 1. The maximum Gasteiger partial charge on any atom is 1.00 e. The molecule has 0 N–H and O–H groups in total.